The van der Waals surface area contributed by atoms with E-state index in [0.717, 1.165) is 17.6 Å². The van der Waals surface area contributed by atoms with Gasteiger partial charge < -0.3 is 0 Å². The zero-order valence-electron chi connectivity index (χ0n) is 9.17. The molecule has 0 aromatic heterocycles. The van der Waals surface area contributed by atoms with Gasteiger partial charge in [-0.3, -0.25) is 4.48 Å². The summed E-state index contributed by atoms with van der Waals surface area (Å²) in [7, 11) is 2.28. The average molecular weight is 178 g/mol. The molecule has 13 heavy (non-hydrogen) atoms. The van der Waals surface area contributed by atoms with Gasteiger partial charge in [-0.25, -0.2) is 0 Å². The SMILES string of the molecule is CC[N+](C)(CC)c1ccc(C)cc1. The minimum Gasteiger partial charge on any atom is -0.294 e. The standard InChI is InChI=1S/C12H20N/c1-5-13(4,6-2)12-9-7-11(3)8-10-12/h7-10H,5-6H2,1-4H3/q+1. The molecule has 72 valence electrons. The van der Waals surface area contributed by atoms with Gasteiger partial charge in [-0.05, 0) is 32.9 Å². The van der Waals surface area contributed by atoms with Crippen molar-refractivity contribution in [2.24, 2.45) is 0 Å². The van der Waals surface area contributed by atoms with E-state index in [4.69, 9.17) is 0 Å². The molecule has 0 bridgehead atoms. The molecule has 0 heterocycles. The van der Waals surface area contributed by atoms with Crippen LogP contribution in [0.4, 0.5) is 5.69 Å². The Balaban J connectivity index is 2.99. The third-order valence-electron chi connectivity index (χ3n) is 3.05. The Morgan fingerprint density at radius 3 is 1.85 bits per heavy atom. The second-order valence-corrected chi connectivity index (χ2v) is 3.86. The van der Waals surface area contributed by atoms with Gasteiger partial charge in [0.2, 0.25) is 0 Å². The van der Waals surface area contributed by atoms with Crippen LogP contribution in [0.25, 0.3) is 0 Å². The minimum absolute atomic E-state index is 1.03. The lowest BCUT2D eigenvalue weighted by Gasteiger charge is -2.31. The number of hydrogen-bond donors (Lipinski definition) is 0. The predicted molar refractivity (Wildman–Crippen MR) is 60.0 cm³/mol. The van der Waals surface area contributed by atoms with Gasteiger partial charge in [-0.15, -0.1) is 0 Å². The zero-order valence-corrected chi connectivity index (χ0v) is 9.17. The van der Waals surface area contributed by atoms with Gasteiger partial charge in [0, 0.05) is 0 Å². The number of nitrogens with zero attached hydrogens (tertiary/aromatic N) is 1. The molecular weight excluding hydrogens is 158 g/mol. The van der Waals surface area contributed by atoms with Crippen molar-refractivity contribution in [2.45, 2.75) is 20.8 Å². The Kier molecular flexibility index (Phi) is 3.10. The molecule has 0 saturated heterocycles. The summed E-state index contributed by atoms with van der Waals surface area (Å²) in [6, 6.07) is 8.86. The molecule has 0 saturated carbocycles. The highest BCUT2D eigenvalue weighted by Crippen LogP contribution is 2.20. The van der Waals surface area contributed by atoms with Gasteiger partial charge in [-0.2, -0.15) is 0 Å². The van der Waals surface area contributed by atoms with Crippen molar-refractivity contribution in [1.82, 2.24) is 4.48 Å². The Morgan fingerprint density at radius 2 is 1.46 bits per heavy atom. The largest absolute Gasteiger partial charge is 0.294 e. The Labute approximate surface area is 81.6 Å². The van der Waals surface area contributed by atoms with E-state index < -0.39 is 0 Å². The molecule has 0 fully saturated rings. The summed E-state index contributed by atoms with van der Waals surface area (Å²) in [5, 5.41) is 0. The van der Waals surface area contributed by atoms with Gasteiger partial charge in [0.05, 0.1) is 20.1 Å². The third-order valence-corrected chi connectivity index (χ3v) is 3.05. The van der Waals surface area contributed by atoms with Crippen LogP contribution in [0.2, 0.25) is 0 Å². The first-order chi connectivity index (χ1) is 6.12. The number of hydrogen-bond acceptors (Lipinski definition) is 0. The van der Waals surface area contributed by atoms with Crippen LogP contribution >= 0.6 is 0 Å². The molecule has 1 rings (SSSR count). The van der Waals surface area contributed by atoms with Crippen LogP contribution in [0.3, 0.4) is 0 Å². The molecule has 0 N–H and O–H groups in total. The molecule has 1 heteroatoms. The summed E-state index contributed by atoms with van der Waals surface area (Å²) in [5.74, 6) is 0. The maximum atomic E-state index is 2.28. The number of rotatable bonds is 3. The lowest BCUT2D eigenvalue weighted by molar-refractivity contribution is 0.365. The topological polar surface area (TPSA) is 0 Å². The van der Waals surface area contributed by atoms with Crippen molar-refractivity contribution in [1.29, 1.82) is 0 Å². The first-order valence-electron chi connectivity index (χ1n) is 5.04. The Morgan fingerprint density at radius 1 is 1.00 bits per heavy atom. The van der Waals surface area contributed by atoms with Crippen LogP contribution in [0.1, 0.15) is 19.4 Å². The highest BCUT2D eigenvalue weighted by Gasteiger charge is 2.19. The third kappa shape index (κ3) is 2.10. The maximum Gasteiger partial charge on any atom is 0.132 e. The first kappa shape index (κ1) is 10.3. The second kappa shape index (κ2) is 3.93. The van der Waals surface area contributed by atoms with E-state index in [1.54, 1.807) is 0 Å². The van der Waals surface area contributed by atoms with E-state index in [9.17, 15) is 0 Å². The molecular formula is C12H20N+. The van der Waals surface area contributed by atoms with Crippen LogP contribution in [0.15, 0.2) is 24.3 Å². The van der Waals surface area contributed by atoms with Gasteiger partial charge in [0.1, 0.15) is 5.69 Å². The monoisotopic (exact) mass is 178 g/mol. The van der Waals surface area contributed by atoms with E-state index in [0.29, 0.717) is 0 Å². The fourth-order valence-corrected chi connectivity index (χ4v) is 1.49. The lowest BCUT2D eigenvalue weighted by Crippen LogP contribution is -2.44. The minimum atomic E-state index is 1.03. The van der Waals surface area contributed by atoms with Gasteiger partial charge >= 0.3 is 0 Å². The summed E-state index contributed by atoms with van der Waals surface area (Å²) in [6.07, 6.45) is 0. The summed E-state index contributed by atoms with van der Waals surface area (Å²) in [6.45, 7) is 8.91. The van der Waals surface area contributed by atoms with E-state index in [2.05, 4.69) is 52.1 Å². The predicted octanol–water partition coefficient (Wildman–Crippen LogP) is 2.97. The summed E-state index contributed by atoms with van der Waals surface area (Å²) < 4.78 is 1.03. The molecule has 1 aromatic rings. The summed E-state index contributed by atoms with van der Waals surface area (Å²) in [4.78, 5) is 0. The van der Waals surface area contributed by atoms with Crippen molar-refractivity contribution in [3.8, 4) is 0 Å². The molecule has 1 nitrogen and oxygen atoms in total. The molecule has 0 spiro atoms. The van der Waals surface area contributed by atoms with Crippen LogP contribution in [0, 0.1) is 6.92 Å². The maximum absolute atomic E-state index is 2.28. The zero-order chi connectivity index (χ0) is 9.90. The van der Waals surface area contributed by atoms with E-state index in [-0.39, 0.29) is 0 Å². The van der Waals surface area contributed by atoms with Crippen LogP contribution < -0.4 is 4.48 Å². The second-order valence-electron chi connectivity index (χ2n) is 3.86. The highest BCUT2D eigenvalue weighted by molar-refractivity contribution is 5.43. The Bertz CT molecular complexity index is 257. The molecule has 0 aliphatic rings. The normalized spacial score (nSPS) is 11.7. The summed E-state index contributed by atoms with van der Waals surface area (Å²) >= 11 is 0. The number of quaternary nitrogens is 1. The van der Waals surface area contributed by atoms with Crippen molar-refractivity contribution >= 4 is 5.69 Å². The smallest absolute Gasteiger partial charge is 0.132 e. The number of aryl methyl sites for hydroxylation is 1. The van der Waals surface area contributed by atoms with E-state index in [1.807, 2.05) is 0 Å². The average Bonchev–Trinajstić information content (AvgIpc) is 2.18. The van der Waals surface area contributed by atoms with E-state index >= 15 is 0 Å². The molecule has 0 unspecified atom stereocenters. The molecule has 0 radical (unpaired) electrons. The molecule has 1 aromatic carbocycles. The Hall–Kier alpha value is -0.820. The van der Waals surface area contributed by atoms with Crippen LogP contribution in [-0.4, -0.2) is 20.1 Å². The molecule has 0 aliphatic carbocycles. The fourth-order valence-electron chi connectivity index (χ4n) is 1.49. The van der Waals surface area contributed by atoms with Crippen LogP contribution in [0.5, 0.6) is 0 Å². The first-order valence-corrected chi connectivity index (χ1v) is 5.04. The van der Waals surface area contributed by atoms with Gasteiger partial charge in [0.25, 0.3) is 0 Å². The molecule has 0 atom stereocenters. The highest BCUT2D eigenvalue weighted by atomic mass is 15.3. The number of benzene rings is 1. The van der Waals surface area contributed by atoms with Crippen molar-refractivity contribution in [2.75, 3.05) is 20.1 Å². The van der Waals surface area contributed by atoms with Crippen molar-refractivity contribution in [3.05, 3.63) is 29.8 Å². The van der Waals surface area contributed by atoms with E-state index in [1.165, 1.54) is 11.3 Å². The summed E-state index contributed by atoms with van der Waals surface area (Å²) in [5.41, 5.74) is 2.75. The quantitative estimate of drug-likeness (QED) is 0.624. The molecule has 0 aliphatic heterocycles. The lowest BCUT2D eigenvalue weighted by atomic mass is 10.2. The molecule has 0 amide bonds. The van der Waals surface area contributed by atoms with Gasteiger partial charge in [-0.1, -0.05) is 17.7 Å². The van der Waals surface area contributed by atoms with Crippen molar-refractivity contribution < 1.29 is 0 Å². The van der Waals surface area contributed by atoms with Gasteiger partial charge in [0.15, 0.2) is 0 Å². The fraction of sp³-hybridized carbons (Fsp3) is 0.500. The van der Waals surface area contributed by atoms with Crippen molar-refractivity contribution in [3.63, 3.8) is 0 Å². The van der Waals surface area contributed by atoms with Crippen LogP contribution in [-0.2, 0) is 0 Å².